The second kappa shape index (κ2) is 11.2. The van der Waals surface area contributed by atoms with Crippen LogP contribution in [0.4, 0.5) is 5.00 Å². The van der Waals surface area contributed by atoms with Gasteiger partial charge in [0.05, 0.1) is 23.4 Å². The van der Waals surface area contributed by atoms with Gasteiger partial charge in [-0.1, -0.05) is 35.0 Å². The molecular weight excluding hydrogens is 531 g/mol. The van der Waals surface area contributed by atoms with Gasteiger partial charge in [0.2, 0.25) is 5.91 Å². The molecule has 1 aromatic carbocycles. The number of aryl methyl sites for hydroxylation is 1. The van der Waals surface area contributed by atoms with E-state index in [2.05, 4.69) is 15.5 Å². The molecule has 3 aromatic rings. The summed E-state index contributed by atoms with van der Waals surface area (Å²) < 4.78 is 12.7. The number of esters is 1. The van der Waals surface area contributed by atoms with E-state index in [0.717, 1.165) is 36.1 Å². The highest BCUT2D eigenvalue weighted by Gasteiger charge is 2.27. The number of nitrogens with one attached hydrogen (secondary N) is 1. The number of aromatic nitrogens is 3. The Kier molecular flexibility index (Phi) is 8.26. The maximum absolute atomic E-state index is 12.7. The van der Waals surface area contributed by atoms with E-state index in [4.69, 9.17) is 32.7 Å². The number of fused-ring (bicyclic) bond motifs is 1. The maximum atomic E-state index is 12.7. The van der Waals surface area contributed by atoms with Crippen molar-refractivity contribution in [2.75, 3.05) is 18.2 Å². The fraction of sp³-hybridized carbons (Fsp3) is 0.391. The zero-order valence-electron chi connectivity index (χ0n) is 19.4. The normalized spacial score (nSPS) is 13.7. The summed E-state index contributed by atoms with van der Waals surface area (Å²) >= 11 is 14.8. The Morgan fingerprint density at radius 2 is 2.03 bits per heavy atom. The molecule has 12 heteroatoms. The summed E-state index contributed by atoms with van der Waals surface area (Å²) in [5.41, 5.74) is 1.49. The quantitative estimate of drug-likeness (QED) is 0.281. The Bertz CT molecular complexity index is 1260. The van der Waals surface area contributed by atoms with Crippen molar-refractivity contribution in [3.63, 3.8) is 0 Å². The van der Waals surface area contributed by atoms with E-state index >= 15 is 0 Å². The molecule has 0 saturated heterocycles. The van der Waals surface area contributed by atoms with E-state index in [1.807, 2.05) is 14.0 Å². The second-order valence-corrected chi connectivity index (χ2v) is 10.9. The number of hydrogen-bond donors (Lipinski definition) is 1. The van der Waals surface area contributed by atoms with Crippen LogP contribution in [-0.4, -0.2) is 39.5 Å². The van der Waals surface area contributed by atoms with Crippen molar-refractivity contribution in [3.05, 3.63) is 50.1 Å². The number of benzene rings is 1. The third-order valence-corrected chi connectivity index (χ3v) is 8.33. The van der Waals surface area contributed by atoms with Crippen molar-refractivity contribution in [3.8, 4) is 5.75 Å². The third kappa shape index (κ3) is 5.77. The Morgan fingerprint density at radius 3 is 2.77 bits per heavy atom. The van der Waals surface area contributed by atoms with Crippen molar-refractivity contribution in [1.29, 1.82) is 0 Å². The monoisotopic (exact) mass is 554 g/mol. The van der Waals surface area contributed by atoms with Gasteiger partial charge in [0.1, 0.15) is 10.8 Å². The Labute approximate surface area is 221 Å². The lowest BCUT2D eigenvalue weighted by molar-refractivity contribution is -0.113. The van der Waals surface area contributed by atoms with E-state index in [-0.39, 0.29) is 11.7 Å². The number of ether oxygens (including phenoxy) is 2. The molecule has 4 rings (SSSR count). The number of carbonyl (C=O) groups is 2. The first kappa shape index (κ1) is 25.8. The van der Waals surface area contributed by atoms with Gasteiger partial charge in [0, 0.05) is 16.9 Å². The van der Waals surface area contributed by atoms with Gasteiger partial charge >= 0.3 is 5.97 Å². The van der Waals surface area contributed by atoms with Crippen LogP contribution < -0.4 is 10.1 Å². The molecule has 1 atom stereocenters. The van der Waals surface area contributed by atoms with Crippen LogP contribution in [-0.2, 0) is 29.4 Å². The summed E-state index contributed by atoms with van der Waals surface area (Å²) in [6.45, 7) is 1.84. The van der Waals surface area contributed by atoms with Crippen LogP contribution in [0.1, 0.15) is 52.5 Å². The molecule has 2 heterocycles. The fourth-order valence-corrected chi connectivity index (χ4v) is 6.35. The van der Waals surface area contributed by atoms with E-state index < -0.39 is 12.1 Å². The minimum Gasteiger partial charge on any atom is -0.481 e. The number of rotatable bonds is 8. The minimum absolute atomic E-state index is 0.105. The molecule has 1 N–H and O–H groups in total. The van der Waals surface area contributed by atoms with E-state index in [0.29, 0.717) is 37.3 Å². The van der Waals surface area contributed by atoms with Gasteiger partial charge in [-0.25, -0.2) is 4.79 Å². The summed E-state index contributed by atoms with van der Waals surface area (Å²) in [4.78, 5) is 26.3. The zero-order chi connectivity index (χ0) is 25.1. The van der Waals surface area contributed by atoms with Gasteiger partial charge in [-0.15, -0.1) is 21.5 Å². The van der Waals surface area contributed by atoms with Gasteiger partial charge in [-0.2, -0.15) is 0 Å². The van der Waals surface area contributed by atoms with Crippen LogP contribution >= 0.6 is 46.3 Å². The highest BCUT2D eigenvalue weighted by molar-refractivity contribution is 7.99. The molecule has 0 radical (unpaired) electrons. The first-order chi connectivity index (χ1) is 16.8. The van der Waals surface area contributed by atoms with Crippen LogP contribution in [0.25, 0.3) is 0 Å². The van der Waals surface area contributed by atoms with Gasteiger partial charge in [-0.3, -0.25) is 4.79 Å². The molecule has 0 bridgehead atoms. The van der Waals surface area contributed by atoms with Crippen molar-refractivity contribution in [2.45, 2.75) is 43.9 Å². The highest BCUT2D eigenvalue weighted by atomic mass is 35.5. The first-order valence-electron chi connectivity index (χ1n) is 10.9. The molecular formula is C23H24Cl2N4O4S2. The summed E-state index contributed by atoms with van der Waals surface area (Å²) in [5.74, 6) is 0.520. The van der Waals surface area contributed by atoms with Crippen LogP contribution in [0.5, 0.6) is 5.75 Å². The number of nitrogens with zero attached hydrogens (tertiary/aromatic N) is 3. The molecule has 1 aliphatic rings. The summed E-state index contributed by atoms with van der Waals surface area (Å²) in [6.07, 6.45) is 3.41. The lowest BCUT2D eigenvalue weighted by atomic mass is 9.95. The molecule has 1 unspecified atom stereocenters. The Hall–Kier alpha value is -2.27. The Morgan fingerprint density at radius 1 is 1.26 bits per heavy atom. The predicted molar refractivity (Wildman–Crippen MR) is 138 cm³/mol. The van der Waals surface area contributed by atoms with Gasteiger partial charge in [-0.05, 0) is 56.4 Å². The molecule has 186 valence electrons. The number of anilines is 1. The van der Waals surface area contributed by atoms with Gasteiger partial charge in [0.25, 0.3) is 0 Å². The predicted octanol–water partition coefficient (Wildman–Crippen LogP) is 5.72. The molecule has 0 aliphatic heterocycles. The molecule has 0 saturated carbocycles. The van der Waals surface area contributed by atoms with Crippen LogP contribution in [0.15, 0.2) is 23.4 Å². The van der Waals surface area contributed by atoms with Crippen molar-refractivity contribution in [1.82, 2.24) is 14.8 Å². The number of hydrogen-bond acceptors (Lipinski definition) is 8. The molecule has 8 nitrogen and oxygen atoms in total. The van der Waals surface area contributed by atoms with Crippen LogP contribution in [0.3, 0.4) is 0 Å². The molecule has 2 aromatic heterocycles. The molecule has 1 amide bonds. The fourth-order valence-electron chi connectivity index (χ4n) is 3.88. The third-order valence-electron chi connectivity index (χ3n) is 5.58. The van der Waals surface area contributed by atoms with E-state index in [1.54, 1.807) is 22.8 Å². The lowest BCUT2D eigenvalue weighted by Gasteiger charge is -2.15. The summed E-state index contributed by atoms with van der Waals surface area (Å²) in [7, 11) is 3.16. The average molecular weight is 556 g/mol. The van der Waals surface area contributed by atoms with Crippen molar-refractivity contribution < 1.29 is 19.1 Å². The number of methoxy groups -OCH3 is 1. The van der Waals surface area contributed by atoms with Crippen LogP contribution in [0, 0.1) is 0 Å². The van der Waals surface area contributed by atoms with E-state index in [9.17, 15) is 9.59 Å². The lowest BCUT2D eigenvalue weighted by Crippen LogP contribution is -2.17. The van der Waals surface area contributed by atoms with Crippen LogP contribution in [0.2, 0.25) is 10.0 Å². The van der Waals surface area contributed by atoms with Gasteiger partial charge < -0.3 is 19.4 Å². The first-order valence-corrected chi connectivity index (χ1v) is 13.5. The number of thiophene rings is 1. The average Bonchev–Trinajstić information content (AvgIpc) is 3.38. The van der Waals surface area contributed by atoms with Gasteiger partial charge in [0.15, 0.2) is 17.1 Å². The molecule has 0 spiro atoms. The summed E-state index contributed by atoms with van der Waals surface area (Å²) in [6, 6.07) is 5.00. The number of thioether (sulfide) groups is 1. The van der Waals surface area contributed by atoms with Crippen molar-refractivity contribution in [2.24, 2.45) is 7.05 Å². The highest BCUT2D eigenvalue weighted by Crippen LogP contribution is 2.38. The molecule has 1 aliphatic carbocycles. The number of amides is 1. The number of carbonyl (C=O) groups excluding carboxylic acids is 2. The second-order valence-electron chi connectivity index (χ2n) is 7.98. The minimum atomic E-state index is -0.436. The maximum Gasteiger partial charge on any atom is 0.341 e. The smallest absolute Gasteiger partial charge is 0.341 e. The SMILES string of the molecule is COC(=O)c1c(NC(=O)CSc2nnc(C(C)Oc3ccc(Cl)cc3Cl)n2C)sc2c1CCCC2. The summed E-state index contributed by atoms with van der Waals surface area (Å²) in [5, 5.41) is 13.3. The largest absolute Gasteiger partial charge is 0.481 e. The molecule has 35 heavy (non-hydrogen) atoms. The standard InChI is InChI=1S/C23H24Cl2N4O4S2/c1-12(33-16-9-8-13(24)10-15(16)25)20-27-28-23(29(20)2)34-11-18(30)26-21-19(22(31)32-3)14-6-4-5-7-17(14)35-21/h8-10,12H,4-7,11H2,1-3H3,(H,26,30). The zero-order valence-corrected chi connectivity index (χ0v) is 22.5. The van der Waals surface area contributed by atoms with Crippen molar-refractivity contribution >= 4 is 63.2 Å². The molecule has 0 fully saturated rings. The topological polar surface area (TPSA) is 95.3 Å². The van der Waals surface area contributed by atoms with E-state index in [1.165, 1.54) is 30.2 Å². The number of halogens is 2. The Balaban J connectivity index is 1.40.